The lowest BCUT2D eigenvalue weighted by molar-refractivity contribution is -0.138. The van der Waals surface area contributed by atoms with Crippen LogP contribution in [0.15, 0.2) is 60.7 Å². The number of carboxylic acids is 1. The second-order valence-corrected chi connectivity index (χ2v) is 6.53. The van der Waals surface area contributed by atoms with E-state index in [0.717, 1.165) is 27.6 Å². The third kappa shape index (κ3) is 2.51. The van der Waals surface area contributed by atoms with Crippen molar-refractivity contribution in [3.63, 3.8) is 0 Å². The number of carbonyl (C=O) groups is 1. The number of para-hydroxylation sites is 1. The van der Waals surface area contributed by atoms with Crippen molar-refractivity contribution in [2.45, 2.75) is 19.0 Å². The van der Waals surface area contributed by atoms with Crippen molar-refractivity contribution in [1.29, 1.82) is 0 Å². The Kier molecular flexibility index (Phi) is 3.66. The normalized spacial score (nSPS) is 16.4. The van der Waals surface area contributed by atoms with Gasteiger partial charge in [-0.2, -0.15) is 0 Å². The molecule has 3 nitrogen and oxygen atoms in total. The average Bonchev–Trinajstić information content (AvgIpc) is 2.94. The first-order valence-electron chi connectivity index (χ1n) is 7.88. The van der Waals surface area contributed by atoms with E-state index in [-0.39, 0.29) is 0 Å². The van der Waals surface area contributed by atoms with Crippen LogP contribution in [0.3, 0.4) is 0 Å². The van der Waals surface area contributed by atoms with E-state index in [1.165, 1.54) is 0 Å². The minimum atomic E-state index is -0.788. The third-order valence-corrected chi connectivity index (χ3v) is 4.89. The van der Waals surface area contributed by atoms with Crippen LogP contribution in [0.4, 0.5) is 5.69 Å². The van der Waals surface area contributed by atoms with Crippen LogP contribution >= 0.6 is 11.6 Å². The molecule has 0 saturated carbocycles. The van der Waals surface area contributed by atoms with Gasteiger partial charge in [0.05, 0.1) is 0 Å². The first kappa shape index (κ1) is 15.0. The first-order chi connectivity index (χ1) is 11.6. The molecule has 0 radical (unpaired) electrons. The Morgan fingerprint density at radius 1 is 1.12 bits per heavy atom. The van der Waals surface area contributed by atoms with Crippen molar-refractivity contribution in [3.05, 3.63) is 76.8 Å². The number of carboxylic acid groups (broad SMARTS) is 1. The van der Waals surface area contributed by atoms with E-state index in [1.54, 1.807) is 0 Å². The van der Waals surface area contributed by atoms with Gasteiger partial charge in [0, 0.05) is 23.7 Å². The molecule has 1 unspecified atom stereocenters. The number of nitrogens with zero attached hydrogens (tertiary/aromatic N) is 1. The van der Waals surface area contributed by atoms with Crippen LogP contribution in [-0.2, 0) is 17.8 Å². The van der Waals surface area contributed by atoms with Gasteiger partial charge < -0.3 is 10.0 Å². The summed E-state index contributed by atoms with van der Waals surface area (Å²) in [6.07, 6.45) is 0.539. The van der Waals surface area contributed by atoms with Crippen molar-refractivity contribution in [2.75, 3.05) is 4.90 Å². The molecule has 3 aromatic carbocycles. The van der Waals surface area contributed by atoms with Crippen LogP contribution in [0, 0.1) is 0 Å². The Morgan fingerprint density at radius 2 is 1.96 bits per heavy atom. The van der Waals surface area contributed by atoms with Crippen molar-refractivity contribution >= 4 is 34.0 Å². The predicted octanol–water partition coefficient (Wildman–Crippen LogP) is 4.51. The Hall–Kier alpha value is -2.52. The van der Waals surface area contributed by atoms with Gasteiger partial charge in [-0.05, 0) is 40.1 Å². The molecule has 1 aliphatic heterocycles. The van der Waals surface area contributed by atoms with Gasteiger partial charge in [0.25, 0.3) is 0 Å². The second kappa shape index (κ2) is 5.84. The molecule has 0 aromatic heterocycles. The molecule has 4 rings (SSSR count). The Morgan fingerprint density at radius 3 is 2.79 bits per heavy atom. The molecule has 0 fully saturated rings. The number of rotatable bonds is 3. The van der Waals surface area contributed by atoms with E-state index >= 15 is 0 Å². The van der Waals surface area contributed by atoms with Crippen LogP contribution in [0.25, 0.3) is 10.8 Å². The first-order valence-corrected chi connectivity index (χ1v) is 8.26. The topological polar surface area (TPSA) is 40.5 Å². The van der Waals surface area contributed by atoms with E-state index in [4.69, 9.17) is 11.6 Å². The zero-order chi connectivity index (χ0) is 16.7. The second-order valence-electron chi connectivity index (χ2n) is 6.10. The highest BCUT2D eigenvalue weighted by atomic mass is 35.5. The fourth-order valence-electron chi connectivity index (χ4n) is 3.50. The summed E-state index contributed by atoms with van der Waals surface area (Å²) in [5, 5.41) is 12.5. The van der Waals surface area contributed by atoms with Crippen LogP contribution in [-0.4, -0.2) is 17.1 Å². The van der Waals surface area contributed by atoms with Gasteiger partial charge in [-0.25, -0.2) is 4.79 Å². The monoisotopic (exact) mass is 337 g/mol. The summed E-state index contributed by atoms with van der Waals surface area (Å²) in [5.41, 5.74) is 3.17. The molecule has 1 heterocycles. The minimum absolute atomic E-state index is 0.531. The minimum Gasteiger partial charge on any atom is -0.480 e. The Bertz CT molecular complexity index is 938. The maximum Gasteiger partial charge on any atom is 0.326 e. The van der Waals surface area contributed by atoms with Gasteiger partial charge in [0.15, 0.2) is 0 Å². The van der Waals surface area contributed by atoms with Crippen molar-refractivity contribution in [3.8, 4) is 0 Å². The lowest BCUT2D eigenvalue weighted by Crippen LogP contribution is -2.38. The van der Waals surface area contributed by atoms with E-state index in [1.807, 2.05) is 65.6 Å². The molecule has 120 valence electrons. The summed E-state index contributed by atoms with van der Waals surface area (Å²) in [6.45, 7) is 0.547. The standard InChI is InChI=1S/C20H16ClNO2/c21-16-9-8-13-5-3-6-15(17(13)11-16)12-22-18-7-2-1-4-14(18)10-19(22)20(23)24/h1-9,11,19H,10,12H2,(H,23,24). The molecule has 0 amide bonds. The molecule has 0 saturated heterocycles. The smallest absolute Gasteiger partial charge is 0.326 e. The predicted molar refractivity (Wildman–Crippen MR) is 96.7 cm³/mol. The molecular weight excluding hydrogens is 322 g/mol. The van der Waals surface area contributed by atoms with Crippen LogP contribution < -0.4 is 4.90 Å². The average molecular weight is 338 g/mol. The maximum atomic E-state index is 11.7. The molecule has 0 bridgehead atoms. The molecule has 4 heteroatoms. The summed E-state index contributed by atoms with van der Waals surface area (Å²) < 4.78 is 0. The summed E-state index contributed by atoms with van der Waals surface area (Å²) in [4.78, 5) is 13.7. The zero-order valence-corrected chi connectivity index (χ0v) is 13.7. The van der Waals surface area contributed by atoms with Crippen molar-refractivity contribution < 1.29 is 9.90 Å². The highest BCUT2D eigenvalue weighted by Gasteiger charge is 2.34. The van der Waals surface area contributed by atoms with Crippen LogP contribution in [0.2, 0.25) is 5.02 Å². The molecule has 0 spiro atoms. The van der Waals surface area contributed by atoms with E-state index in [0.29, 0.717) is 18.0 Å². The molecular formula is C20H16ClNO2. The number of hydrogen-bond acceptors (Lipinski definition) is 2. The largest absolute Gasteiger partial charge is 0.480 e. The molecule has 1 N–H and O–H groups in total. The zero-order valence-electron chi connectivity index (χ0n) is 12.9. The summed E-state index contributed by atoms with van der Waals surface area (Å²) in [5.74, 6) is -0.788. The van der Waals surface area contributed by atoms with Gasteiger partial charge in [0.1, 0.15) is 6.04 Å². The fraction of sp³-hybridized carbons (Fsp3) is 0.150. The molecule has 1 aliphatic rings. The van der Waals surface area contributed by atoms with E-state index < -0.39 is 12.0 Å². The van der Waals surface area contributed by atoms with Crippen molar-refractivity contribution in [2.24, 2.45) is 0 Å². The third-order valence-electron chi connectivity index (χ3n) is 4.65. The van der Waals surface area contributed by atoms with Crippen molar-refractivity contribution in [1.82, 2.24) is 0 Å². The number of halogens is 1. The fourth-order valence-corrected chi connectivity index (χ4v) is 3.67. The summed E-state index contributed by atoms with van der Waals surface area (Å²) >= 11 is 6.16. The van der Waals surface area contributed by atoms with Gasteiger partial charge >= 0.3 is 5.97 Å². The number of hydrogen-bond donors (Lipinski definition) is 1. The number of anilines is 1. The molecule has 1 atom stereocenters. The van der Waals surface area contributed by atoms with Crippen LogP contribution in [0.1, 0.15) is 11.1 Å². The van der Waals surface area contributed by atoms with Gasteiger partial charge in [0.2, 0.25) is 0 Å². The Labute approximate surface area is 145 Å². The SMILES string of the molecule is O=C(O)C1Cc2ccccc2N1Cc1cccc2ccc(Cl)cc12. The van der Waals surface area contributed by atoms with E-state index in [2.05, 4.69) is 0 Å². The summed E-state index contributed by atoms with van der Waals surface area (Å²) in [7, 11) is 0. The van der Waals surface area contributed by atoms with E-state index in [9.17, 15) is 9.90 Å². The summed E-state index contributed by atoms with van der Waals surface area (Å²) in [6, 6.07) is 19.3. The number of benzene rings is 3. The number of aliphatic carboxylic acids is 1. The lowest BCUT2D eigenvalue weighted by Gasteiger charge is -2.25. The van der Waals surface area contributed by atoms with Gasteiger partial charge in [-0.1, -0.05) is 54.1 Å². The highest BCUT2D eigenvalue weighted by molar-refractivity contribution is 6.31. The van der Waals surface area contributed by atoms with Gasteiger partial charge in [-0.15, -0.1) is 0 Å². The Balaban J connectivity index is 1.79. The lowest BCUT2D eigenvalue weighted by atomic mass is 10.0. The highest BCUT2D eigenvalue weighted by Crippen LogP contribution is 2.34. The van der Waals surface area contributed by atoms with Gasteiger partial charge in [-0.3, -0.25) is 0 Å². The maximum absolute atomic E-state index is 11.7. The molecule has 24 heavy (non-hydrogen) atoms. The quantitative estimate of drug-likeness (QED) is 0.764. The van der Waals surface area contributed by atoms with Crippen LogP contribution in [0.5, 0.6) is 0 Å². The number of fused-ring (bicyclic) bond motifs is 2. The molecule has 0 aliphatic carbocycles. The molecule has 3 aromatic rings.